The van der Waals surface area contributed by atoms with E-state index in [1.54, 1.807) is 37.3 Å². The smallest absolute Gasteiger partial charge is 0.375 e. The molecule has 0 radical (unpaired) electrons. The molecule has 2 aromatic carbocycles. The molecule has 4 nitrogen and oxygen atoms in total. The molecule has 0 saturated heterocycles. The topological polar surface area (TPSA) is 56.5 Å². The Morgan fingerprint density at radius 2 is 1.88 bits per heavy atom. The molecule has 1 heterocycles. The van der Waals surface area contributed by atoms with Gasteiger partial charge in [0.25, 0.3) is 0 Å². The van der Waals surface area contributed by atoms with Crippen molar-refractivity contribution in [2.75, 3.05) is 6.61 Å². The van der Waals surface area contributed by atoms with Crippen LogP contribution in [-0.2, 0) is 4.74 Å². The highest BCUT2D eigenvalue weighted by Crippen LogP contribution is 2.28. The van der Waals surface area contributed by atoms with Crippen LogP contribution < -0.4 is 0 Å². The molecule has 3 aromatic rings. The molecule has 1 aromatic heterocycles. The summed E-state index contributed by atoms with van der Waals surface area (Å²) in [6, 6.07) is 11.8. The first-order valence-corrected chi connectivity index (χ1v) is 8.27. The second-order valence-corrected chi connectivity index (χ2v) is 6.55. The zero-order valence-electron chi connectivity index (χ0n) is 12.6. The Balaban J connectivity index is 1.74. The lowest BCUT2D eigenvalue weighted by molar-refractivity contribution is 0.0445. The van der Waals surface area contributed by atoms with Crippen molar-refractivity contribution in [2.24, 2.45) is 0 Å². The minimum absolute atomic E-state index is 0.104. The lowest BCUT2D eigenvalue weighted by Crippen LogP contribution is -2.14. The molecule has 0 saturated carbocycles. The number of aryl methyl sites for hydroxylation is 1. The number of hydrogen-bond donors (Lipinski definition) is 0. The molecule has 0 aliphatic heterocycles. The van der Waals surface area contributed by atoms with E-state index in [-0.39, 0.29) is 18.2 Å². The van der Waals surface area contributed by atoms with Crippen molar-refractivity contribution in [1.82, 2.24) is 0 Å². The van der Waals surface area contributed by atoms with E-state index in [1.807, 2.05) is 12.1 Å². The van der Waals surface area contributed by atoms with Gasteiger partial charge < -0.3 is 9.15 Å². The van der Waals surface area contributed by atoms with E-state index in [4.69, 9.17) is 20.8 Å². The fourth-order valence-corrected chi connectivity index (χ4v) is 2.79. The average Bonchev–Trinajstić information content (AvgIpc) is 2.89. The number of furan rings is 1. The second-order valence-electron chi connectivity index (χ2n) is 5.20. The van der Waals surface area contributed by atoms with Crippen molar-refractivity contribution >= 4 is 50.3 Å². The quantitative estimate of drug-likeness (QED) is 0.441. The van der Waals surface area contributed by atoms with Gasteiger partial charge in [-0.05, 0) is 49.4 Å². The Morgan fingerprint density at radius 3 is 2.58 bits per heavy atom. The van der Waals surface area contributed by atoms with Crippen molar-refractivity contribution in [2.45, 2.75) is 6.92 Å². The highest BCUT2D eigenvalue weighted by atomic mass is 79.9. The first-order valence-electron chi connectivity index (χ1n) is 7.10. The molecule has 0 atom stereocenters. The predicted octanol–water partition coefficient (Wildman–Crippen LogP) is 5.20. The minimum atomic E-state index is -0.665. The van der Waals surface area contributed by atoms with Crippen LogP contribution in [0.4, 0.5) is 0 Å². The van der Waals surface area contributed by atoms with Gasteiger partial charge in [-0.3, -0.25) is 4.79 Å². The van der Waals surface area contributed by atoms with E-state index in [0.717, 1.165) is 9.86 Å². The van der Waals surface area contributed by atoms with Crippen LogP contribution in [0.1, 0.15) is 26.5 Å². The van der Waals surface area contributed by atoms with E-state index in [9.17, 15) is 9.59 Å². The summed E-state index contributed by atoms with van der Waals surface area (Å²) in [6.45, 7) is 1.41. The summed E-state index contributed by atoms with van der Waals surface area (Å²) < 4.78 is 11.5. The van der Waals surface area contributed by atoms with Gasteiger partial charge in [0.1, 0.15) is 5.58 Å². The Labute approximate surface area is 151 Å². The Bertz CT molecular complexity index is 928. The summed E-state index contributed by atoms with van der Waals surface area (Å²) >= 11 is 9.16. The summed E-state index contributed by atoms with van der Waals surface area (Å²) in [7, 11) is 0. The largest absolute Gasteiger partial charge is 0.451 e. The second kappa shape index (κ2) is 6.79. The first-order chi connectivity index (χ1) is 11.5. The zero-order chi connectivity index (χ0) is 17.3. The number of fused-ring (bicyclic) bond motifs is 1. The highest BCUT2D eigenvalue weighted by molar-refractivity contribution is 9.10. The summed E-state index contributed by atoms with van der Waals surface area (Å²) in [5.74, 6) is -0.870. The van der Waals surface area contributed by atoms with E-state index >= 15 is 0 Å². The maximum atomic E-state index is 12.2. The van der Waals surface area contributed by atoms with Crippen molar-refractivity contribution in [1.29, 1.82) is 0 Å². The van der Waals surface area contributed by atoms with Crippen LogP contribution in [0.15, 0.2) is 51.4 Å². The third-order valence-electron chi connectivity index (χ3n) is 3.58. The molecule has 0 aliphatic rings. The van der Waals surface area contributed by atoms with Gasteiger partial charge in [0.2, 0.25) is 5.76 Å². The number of carbonyl (C=O) groups is 2. The number of hydrogen-bond acceptors (Lipinski definition) is 4. The number of benzene rings is 2. The fraction of sp³-hybridized carbons (Fsp3) is 0.111. The van der Waals surface area contributed by atoms with Gasteiger partial charge in [-0.1, -0.05) is 27.5 Å². The molecule has 3 rings (SSSR count). The number of ether oxygens (including phenoxy) is 1. The monoisotopic (exact) mass is 406 g/mol. The van der Waals surface area contributed by atoms with Gasteiger partial charge in [-0.25, -0.2) is 4.79 Å². The number of carbonyl (C=O) groups excluding carboxylic acids is 2. The molecular formula is C18H12BrClO4. The van der Waals surface area contributed by atoms with Crippen LogP contribution in [0.25, 0.3) is 11.0 Å². The number of rotatable bonds is 4. The van der Waals surface area contributed by atoms with Gasteiger partial charge in [-0.15, -0.1) is 0 Å². The molecule has 0 spiro atoms. The van der Waals surface area contributed by atoms with Crippen LogP contribution in [0, 0.1) is 6.92 Å². The molecule has 24 heavy (non-hydrogen) atoms. The van der Waals surface area contributed by atoms with E-state index in [2.05, 4.69) is 15.9 Å². The molecule has 0 fully saturated rings. The van der Waals surface area contributed by atoms with Crippen molar-refractivity contribution in [3.8, 4) is 0 Å². The standard InChI is InChI=1S/C18H12BrClO4/c1-10-14-8-12(19)4-7-16(14)24-17(10)18(22)23-9-15(21)11-2-5-13(20)6-3-11/h2-8H,9H2,1H3. The van der Waals surface area contributed by atoms with Crippen molar-refractivity contribution in [3.05, 3.63) is 68.8 Å². The average molecular weight is 408 g/mol. The van der Waals surface area contributed by atoms with Gasteiger partial charge in [0, 0.05) is 26.0 Å². The maximum Gasteiger partial charge on any atom is 0.375 e. The summed E-state index contributed by atoms with van der Waals surface area (Å²) in [6.07, 6.45) is 0. The third kappa shape index (κ3) is 3.37. The van der Waals surface area contributed by atoms with E-state index in [0.29, 0.717) is 21.7 Å². The van der Waals surface area contributed by atoms with E-state index in [1.165, 1.54) is 0 Å². The SMILES string of the molecule is Cc1c(C(=O)OCC(=O)c2ccc(Cl)cc2)oc2ccc(Br)cc12. The maximum absolute atomic E-state index is 12.2. The molecule has 122 valence electrons. The molecule has 0 bridgehead atoms. The molecule has 0 amide bonds. The lowest BCUT2D eigenvalue weighted by atomic mass is 10.1. The summed E-state index contributed by atoms with van der Waals surface area (Å²) in [5.41, 5.74) is 1.69. The molecular weight excluding hydrogens is 396 g/mol. The first kappa shape index (κ1) is 16.7. The Morgan fingerprint density at radius 1 is 1.17 bits per heavy atom. The highest BCUT2D eigenvalue weighted by Gasteiger charge is 2.20. The Hall–Kier alpha value is -2.11. The minimum Gasteiger partial charge on any atom is -0.451 e. The third-order valence-corrected chi connectivity index (χ3v) is 4.33. The van der Waals surface area contributed by atoms with E-state index < -0.39 is 5.97 Å². The Kier molecular flexibility index (Phi) is 4.73. The molecule has 0 N–H and O–H groups in total. The number of Topliss-reactive ketones (excluding diaryl/α,β-unsaturated/α-hetero) is 1. The van der Waals surface area contributed by atoms with Crippen molar-refractivity contribution < 1.29 is 18.7 Å². The zero-order valence-corrected chi connectivity index (χ0v) is 15.0. The van der Waals surface area contributed by atoms with Gasteiger partial charge >= 0.3 is 5.97 Å². The lowest BCUT2D eigenvalue weighted by Gasteiger charge is -2.03. The van der Waals surface area contributed by atoms with Gasteiger partial charge in [0.15, 0.2) is 12.4 Å². The number of ketones is 1. The molecule has 0 aliphatic carbocycles. The normalized spacial score (nSPS) is 10.8. The van der Waals surface area contributed by atoms with Gasteiger partial charge in [0.05, 0.1) is 0 Å². The van der Waals surface area contributed by atoms with Crippen LogP contribution in [0.5, 0.6) is 0 Å². The summed E-state index contributed by atoms with van der Waals surface area (Å²) in [5, 5.41) is 1.35. The fourth-order valence-electron chi connectivity index (χ4n) is 2.30. The van der Waals surface area contributed by atoms with Crippen LogP contribution in [0.3, 0.4) is 0 Å². The van der Waals surface area contributed by atoms with Crippen LogP contribution >= 0.6 is 27.5 Å². The predicted molar refractivity (Wildman–Crippen MR) is 94.7 cm³/mol. The number of esters is 1. The molecule has 6 heteroatoms. The number of halogens is 2. The summed E-state index contributed by atoms with van der Waals surface area (Å²) in [4.78, 5) is 24.2. The molecule has 0 unspecified atom stereocenters. The van der Waals surface area contributed by atoms with Crippen molar-refractivity contribution in [3.63, 3.8) is 0 Å². The van der Waals surface area contributed by atoms with Crippen LogP contribution in [-0.4, -0.2) is 18.4 Å². The van der Waals surface area contributed by atoms with Gasteiger partial charge in [-0.2, -0.15) is 0 Å². The van der Waals surface area contributed by atoms with Crippen LogP contribution in [0.2, 0.25) is 5.02 Å².